The van der Waals surface area contributed by atoms with Crippen LogP contribution in [0.3, 0.4) is 0 Å². The van der Waals surface area contributed by atoms with Crippen molar-refractivity contribution in [2.24, 2.45) is 0 Å². The Morgan fingerprint density at radius 1 is 1.19 bits per heavy atom. The lowest BCUT2D eigenvalue weighted by Gasteiger charge is -2.20. The minimum Gasteiger partial charge on any atom is -0.497 e. The average molecular weight is 497 g/mol. The lowest BCUT2D eigenvalue weighted by Crippen LogP contribution is -2.38. The summed E-state index contributed by atoms with van der Waals surface area (Å²) in [4.78, 5) is 22.2. The van der Waals surface area contributed by atoms with Crippen LogP contribution in [0.25, 0.3) is 27.9 Å². The number of para-hydroxylation sites is 1. The van der Waals surface area contributed by atoms with Crippen LogP contribution in [0.2, 0.25) is 0 Å². The molecule has 0 radical (unpaired) electrons. The number of hydrogen-bond donors (Lipinski definition) is 2. The molecule has 1 aliphatic heterocycles. The van der Waals surface area contributed by atoms with E-state index in [2.05, 4.69) is 26.3 Å². The number of halogens is 1. The summed E-state index contributed by atoms with van der Waals surface area (Å²) in [6.45, 7) is 0.636. The molecule has 1 aliphatic rings. The molecule has 2 aromatic carbocycles. The first-order valence-electron chi connectivity index (χ1n) is 10.3. The van der Waals surface area contributed by atoms with E-state index in [-0.39, 0.29) is 12.3 Å². The number of carbonyl (C=O) groups is 1. The third-order valence-electron chi connectivity index (χ3n) is 5.53. The van der Waals surface area contributed by atoms with Gasteiger partial charge < -0.3 is 15.3 Å². The Hall–Kier alpha value is -3.08. The number of nitrogens with one attached hydrogen (secondary N) is 1. The Bertz CT molecular complexity index is 1310. The predicted octanol–water partition coefficient (Wildman–Crippen LogP) is 3.55. The maximum absolute atomic E-state index is 12.6. The Balaban J connectivity index is 1.65. The first-order chi connectivity index (χ1) is 15.5. The second kappa shape index (κ2) is 8.45. The van der Waals surface area contributed by atoms with Crippen LogP contribution >= 0.6 is 15.9 Å². The van der Waals surface area contributed by atoms with E-state index in [0.29, 0.717) is 42.3 Å². The molecule has 3 heterocycles. The van der Waals surface area contributed by atoms with Gasteiger partial charge in [-0.05, 0) is 58.7 Å². The topological polar surface area (TPSA) is 105 Å². The van der Waals surface area contributed by atoms with Gasteiger partial charge in [0, 0.05) is 28.4 Å². The summed E-state index contributed by atoms with van der Waals surface area (Å²) in [6.07, 6.45) is 1.01. The first-order valence-corrected chi connectivity index (χ1v) is 11.1. The molecule has 4 aromatic rings. The van der Waals surface area contributed by atoms with Crippen LogP contribution in [0, 0.1) is 0 Å². The zero-order valence-electron chi connectivity index (χ0n) is 17.3. The molecule has 2 aromatic heterocycles. The van der Waals surface area contributed by atoms with Gasteiger partial charge >= 0.3 is 0 Å². The third kappa shape index (κ3) is 3.81. The monoisotopic (exact) mass is 496 g/mol. The van der Waals surface area contributed by atoms with Crippen LogP contribution in [0.1, 0.15) is 12.8 Å². The van der Waals surface area contributed by atoms with Crippen LogP contribution in [-0.2, 0) is 4.79 Å². The van der Waals surface area contributed by atoms with Crippen molar-refractivity contribution in [3.63, 3.8) is 0 Å². The number of hydroxylamine groups is 2. The summed E-state index contributed by atoms with van der Waals surface area (Å²) >= 11 is 3.57. The fourth-order valence-corrected chi connectivity index (χ4v) is 4.30. The number of carbonyl (C=O) groups excluding carboxylic acids is 1. The van der Waals surface area contributed by atoms with Gasteiger partial charge in [-0.15, -0.1) is 5.10 Å². The van der Waals surface area contributed by atoms with E-state index in [4.69, 9.17) is 14.7 Å². The number of ether oxygens (including phenoxy) is 1. The van der Waals surface area contributed by atoms with Gasteiger partial charge in [-0.25, -0.2) is 9.97 Å². The molecule has 5 rings (SSSR count). The van der Waals surface area contributed by atoms with Crippen molar-refractivity contribution in [2.75, 3.05) is 25.5 Å². The van der Waals surface area contributed by atoms with Crippen LogP contribution in [0.4, 0.5) is 5.95 Å². The van der Waals surface area contributed by atoms with E-state index in [0.717, 1.165) is 21.2 Å². The average Bonchev–Trinajstić information content (AvgIpc) is 3.18. The van der Waals surface area contributed by atoms with Gasteiger partial charge in [0.1, 0.15) is 11.8 Å². The highest BCUT2D eigenvalue weighted by Gasteiger charge is 2.26. The molecule has 0 saturated carbocycles. The molecule has 2 N–H and O–H groups in total. The molecule has 9 nitrogen and oxygen atoms in total. The normalized spacial score (nSPS) is 17.6. The second-order valence-corrected chi connectivity index (χ2v) is 8.50. The first kappa shape index (κ1) is 20.8. The SMILES string of the molecule is COc1ccc(-c2nc3c4cccc(Br)c4nc(N[C@H]4CN(O)CCCC4=O)n3n2)cc1. The van der Waals surface area contributed by atoms with Crippen LogP contribution < -0.4 is 10.1 Å². The molecule has 32 heavy (non-hydrogen) atoms. The molecule has 164 valence electrons. The van der Waals surface area contributed by atoms with E-state index in [1.165, 1.54) is 5.06 Å². The van der Waals surface area contributed by atoms with Crippen molar-refractivity contribution in [1.29, 1.82) is 0 Å². The molecule has 0 amide bonds. The Kier molecular flexibility index (Phi) is 5.50. The number of benzene rings is 2. The number of fused-ring (bicyclic) bond motifs is 3. The Labute approximate surface area is 192 Å². The number of rotatable bonds is 4. The molecular formula is C22H21BrN6O3. The molecular weight excluding hydrogens is 476 g/mol. The highest BCUT2D eigenvalue weighted by Crippen LogP contribution is 2.29. The Morgan fingerprint density at radius 2 is 2.00 bits per heavy atom. The zero-order valence-corrected chi connectivity index (χ0v) is 18.9. The third-order valence-corrected chi connectivity index (χ3v) is 6.17. The minimum atomic E-state index is -0.605. The van der Waals surface area contributed by atoms with E-state index >= 15 is 0 Å². The van der Waals surface area contributed by atoms with E-state index < -0.39 is 6.04 Å². The molecule has 1 fully saturated rings. The molecule has 0 aliphatic carbocycles. The maximum atomic E-state index is 12.6. The Morgan fingerprint density at radius 3 is 2.78 bits per heavy atom. The summed E-state index contributed by atoms with van der Waals surface area (Å²) in [6, 6.07) is 12.6. The predicted molar refractivity (Wildman–Crippen MR) is 123 cm³/mol. The molecule has 0 spiro atoms. The summed E-state index contributed by atoms with van der Waals surface area (Å²) in [7, 11) is 1.62. The van der Waals surface area contributed by atoms with Gasteiger partial charge in [0.05, 0.1) is 19.2 Å². The largest absolute Gasteiger partial charge is 0.497 e. The smallest absolute Gasteiger partial charge is 0.227 e. The van der Waals surface area contributed by atoms with Crippen LogP contribution in [0.5, 0.6) is 5.75 Å². The number of anilines is 1. The van der Waals surface area contributed by atoms with E-state index in [9.17, 15) is 10.0 Å². The zero-order chi connectivity index (χ0) is 22.2. The van der Waals surface area contributed by atoms with Crippen molar-refractivity contribution in [3.05, 3.63) is 46.9 Å². The molecule has 0 bridgehead atoms. The van der Waals surface area contributed by atoms with Gasteiger partial charge in [-0.1, -0.05) is 6.07 Å². The fourth-order valence-electron chi connectivity index (χ4n) is 3.85. The van der Waals surface area contributed by atoms with Gasteiger partial charge in [0.15, 0.2) is 17.3 Å². The highest BCUT2D eigenvalue weighted by atomic mass is 79.9. The molecule has 1 atom stereocenters. The molecule has 1 saturated heterocycles. The number of methoxy groups -OCH3 is 1. The standard InChI is InChI=1S/C22H21BrN6O3/c1-32-14-9-7-13(8-10-14)20-26-21-15-4-2-5-16(23)19(15)25-22(29(21)27-20)24-17-12-28(31)11-3-6-18(17)30/h2,4-5,7-10,17,31H,3,6,11-12H2,1H3,(H,24,25)/t17-/m0/s1. The van der Waals surface area contributed by atoms with Crippen LogP contribution in [-0.4, -0.2) is 61.9 Å². The van der Waals surface area contributed by atoms with Crippen molar-refractivity contribution >= 4 is 44.2 Å². The summed E-state index contributed by atoms with van der Waals surface area (Å²) in [5, 5.41) is 19.9. The van der Waals surface area contributed by atoms with Gasteiger partial charge in [-0.3, -0.25) is 4.79 Å². The second-order valence-electron chi connectivity index (χ2n) is 7.65. The van der Waals surface area contributed by atoms with E-state index in [1.54, 1.807) is 11.6 Å². The number of aromatic nitrogens is 4. The van der Waals surface area contributed by atoms with E-state index in [1.807, 2.05) is 42.5 Å². The lowest BCUT2D eigenvalue weighted by atomic mass is 10.1. The van der Waals surface area contributed by atoms with Crippen molar-refractivity contribution in [3.8, 4) is 17.1 Å². The quantitative estimate of drug-likeness (QED) is 0.441. The molecule has 0 unspecified atom stereocenters. The van der Waals surface area contributed by atoms with Crippen molar-refractivity contribution in [1.82, 2.24) is 24.6 Å². The van der Waals surface area contributed by atoms with Gasteiger partial charge in [0.25, 0.3) is 0 Å². The summed E-state index contributed by atoms with van der Waals surface area (Å²) in [5.74, 6) is 1.69. The highest BCUT2D eigenvalue weighted by molar-refractivity contribution is 9.10. The summed E-state index contributed by atoms with van der Waals surface area (Å²) < 4.78 is 7.67. The fraction of sp³-hybridized carbons (Fsp3) is 0.273. The summed E-state index contributed by atoms with van der Waals surface area (Å²) in [5.41, 5.74) is 2.15. The number of Topliss-reactive ketones (excluding diaryl/α,β-unsaturated/α-hetero) is 1. The van der Waals surface area contributed by atoms with Crippen molar-refractivity contribution in [2.45, 2.75) is 18.9 Å². The minimum absolute atomic E-state index is 0.0271. The lowest BCUT2D eigenvalue weighted by molar-refractivity contribution is -0.122. The molecule has 10 heteroatoms. The van der Waals surface area contributed by atoms with Crippen LogP contribution in [0.15, 0.2) is 46.9 Å². The number of nitrogens with zero attached hydrogens (tertiary/aromatic N) is 5. The number of hydrogen-bond acceptors (Lipinski definition) is 8. The van der Waals surface area contributed by atoms with Crippen molar-refractivity contribution < 1.29 is 14.7 Å². The van der Waals surface area contributed by atoms with Gasteiger partial charge in [0.2, 0.25) is 5.95 Å². The maximum Gasteiger partial charge on any atom is 0.227 e. The number of ketones is 1. The van der Waals surface area contributed by atoms with Gasteiger partial charge in [-0.2, -0.15) is 9.58 Å².